The fourth-order valence-electron chi connectivity index (χ4n) is 2.43. The van der Waals surface area contributed by atoms with Crippen LogP contribution in [0.1, 0.15) is 11.4 Å². The van der Waals surface area contributed by atoms with E-state index >= 15 is 0 Å². The highest BCUT2D eigenvalue weighted by molar-refractivity contribution is 6.30. The number of likely N-dealkylation sites (N-methyl/N-ethyl adjacent to an activating group) is 1. The highest BCUT2D eigenvalue weighted by atomic mass is 35.5. The number of amidine groups is 1. The Morgan fingerprint density at radius 2 is 2.00 bits per heavy atom. The summed E-state index contributed by atoms with van der Waals surface area (Å²) in [7, 11) is 3.91. The summed E-state index contributed by atoms with van der Waals surface area (Å²) in [5.41, 5.74) is 9.66. The van der Waals surface area contributed by atoms with Crippen molar-refractivity contribution in [2.45, 2.75) is 13.8 Å². The van der Waals surface area contributed by atoms with Crippen LogP contribution < -0.4 is 11.1 Å². The Morgan fingerprint density at radius 3 is 2.50 bits per heavy atom. The van der Waals surface area contributed by atoms with E-state index in [4.69, 9.17) is 22.3 Å². The molecule has 0 spiro atoms. The summed E-state index contributed by atoms with van der Waals surface area (Å²) in [4.78, 5) is 6.68. The molecule has 0 radical (unpaired) electrons. The third-order valence-electron chi connectivity index (χ3n) is 3.52. The number of rotatable bonds is 6. The van der Waals surface area contributed by atoms with Crippen molar-refractivity contribution in [1.29, 1.82) is 0 Å². The minimum absolute atomic E-state index is 0.558. The maximum atomic E-state index is 6.34. The van der Waals surface area contributed by atoms with Gasteiger partial charge in [0.25, 0.3) is 0 Å². The van der Waals surface area contributed by atoms with Crippen LogP contribution in [-0.2, 0) is 0 Å². The Labute approximate surface area is 159 Å². The topological polar surface area (TPSA) is 71.5 Å². The maximum absolute atomic E-state index is 6.34. The van der Waals surface area contributed by atoms with E-state index in [0.29, 0.717) is 28.9 Å². The van der Waals surface area contributed by atoms with E-state index in [-0.39, 0.29) is 0 Å². The molecule has 2 rings (SSSR count). The second kappa shape index (κ2) is 8.69. The SMILES string of the molecule is C=C/C(=N\C(=C(/N)CN(C)C)n1nc(C)cc1C)Nc1ccc(Cl)cc1. The second-order valence-electron chi connectivity index (χ2n) is 6.26. The summed E-state index contributed by atoms with van der Waals surface area (Å²) in [6.45, 7) is 8.31. The van der Waals surface area contributed by atoms with Gasteiger partial charge in [-0.1, -0.05) is 18.2 Å². The third kappa shape index (κ3) is 5.21. The Kier molecular flexibility index (Phi) is 6.60. The lowest BCUT2D eigenvalue weighted by molar-refractivity contribution is 0.442. The predicted octanol–water partition coefficient (Wildman–Crippen LogP) is 3.50. The van der Waals surface area contributed by atoms with E-state index in [1.807, 2.05) is 63.2 Å². The van der Waals surface area contributed by atoms with Crippen LogP contribution >= 0.6 is 11.6 Å². The van der Waals surface area contributed by atoms with Crippen LogP contribution in [0.15, 0.2) is 53.7 Å². The number of hydrogen-bond acceptors (Lipinski definition) is 4. The second-order valence-corrected chi connectivity index (χ2v) is 6.70. The van der Waals surface area contributed by atoms with Gasteiger partial charge in [0, 0.05) is 22.9 Å². The van der Waals surface area contributed by atoms with Gasteiger partial charge in [0.15, 0.2) is 5.82 Å². The Balaban J connectivity index is 2.45. The molecule has 6 nitrogen and oxygen atoms in total. The molecule has 0 saturated carbocycles. The van der Waals surface area contributed by atoms with Crippen LogP contribution in [0.3, 0.4) is 0 Å². The van der Waals surface area contributed by atoms with Crippen LogP contribution in [0.5, 0.6) is 0 Å². The number of aromatic nitrogens is 2. The van der Waals surface area contributed by atoms with Gasteiger partial charge in [0.2, 0.25) is 0 Å². The quantitative estimate of drug-likeness (QED) is 0.601. The van der Waals surface area contributed by atoms with Gasteiger partial charge in [0.1, 0.15) is 5.84 Å². The summed E-state index contributed by atoms with van der Waals surface area (Å²) in [6.07, 6.45) is 1.64. The lowest BCUT2D eigenvalue weighted by Gasteiger charge is -2.15. The van der Waals surface area contributed by atoms with E-state index in [9.17, 15) is 0 Å². The highest BCUT2D eigenvalue weighted by Crippen LogP contribution is 2.17. The van der Waals surface area contributed by atoms with Crippen LogP contribution in [0.25, 0.3) is 5.82 Å². The van der Waals surface area contributed by atoms with Crippen molar-refractivity contribution >= 4 is 28.9 Å². The van der Waals surface area contributed by atoms with Crippen molar-refractivity contribution in [3.63, 3.8) is 0 Å². The van der Waals surface area contributed by atoms with Crippen LogP contribution in [-0.4, -0.2) is 41.2 Å². The summed E-state index contributed by atoms with van der Waals surface area (Å²) in [5.74, 6) is 1.14. The molecule has 1 aromatic heterocycles. The zero-order valence-corrected chi connectivity index (χ0v) is 16.4. The first-order valence-electron chi connectivity index (χ1n) is 8.21. The minimum atomic E-state index is 0.558. The zero-order valence-electron chi connectivity index (χ0n) is 15.6. The third-order valence-corrected chi connectivity index (χ3v) is 3.77. The molecule has 1 heterocycles. The van der Waals surface area contributed by atoms with Gasteiger partial charge in [-0.25, -0.2) is 9.67 Å². The Bertz CT molecular complexity index is 830. The molecule has 3 N–H and O–H groups in total. The molecule has 0 amide bonds. The number of halogens is 1. The van der Waals surface area contributed by atoms with E-state index in [0.717, 1.165) is 17.1 Å². The number of nitrogens with one attached hydrogen (secondary N) is 1. The molecule has 0 bridgehead atoms. The fourth-order valence-corrected chi connectivity index (χ4v) is 2.56. The summed E-state index contributed by atoms with van der Waals surface area (Å²) in [6, 6.07) is 9.35. The van der Waals surface area contributed by atoms with Crippen molar-refractivity contribution < 1.29 is 0 Å². The number of aryl methyl sites for hydroxylation is 2. The van der Waals surface area contributed by atoms with Gasteiger partial charge in [-0.3, -0.25) is 0 Å². The molecule has 0 atom stereocenters. The van der Waals surface area contributed by atoms with E-state index in [2.05, 4.69) is 17.0 Å². The van der Waals surface area contributed by atoms with Crippen molar-refractivity contribution in [1.82, 2.24) is 14.7 Å². The minimum Gasteiger partial charge on any atom is -0.398 e. The van der Waals surface area contributed by atoms with Crippen LogP contribution in [0.2, 0.25) is 5.02 Å². The summed E-state index contributed by atoms with van der Waals surface area (Å²) in [5, 5.41) is 8.41. The van der Waals surface area contributed by atoms with Gasteiger partial charge in [-0.2, -0.15) is 5.10 Å². The van der Waals surface area contributed by atoms with Gasteiger partial charge in [0.05, 0.1) is 11.4 Å². The van der Waals surface area contributed by atoms with Gasteiger partial charge in [-0.15, -0.1) is 0 Å². The molecule has 0 aliphatic rings. The number of nitrogens with two attached hydrogens (primary N) is 1. The Hall–Kier alpha value is -2.57. The normalized spacial score (nSPS) is 12.9. The summed E-state index contributed by atoms with van der Waals surface area (Å²) >= 11 is 5.94. The monoisotopic (exact) mass is 372 g/mol. The lowest BCUT2D eigenvalue weighted by atomic mass is 10.3. The molecule has 2 aromatic rings. The fraction of sp³-hybridized carbons (Fsp3) is 0.263. The van der Waals surface area contributed by atoms with Crippen molar-refractivity contribution in [3.8, 4) is 0 Å². The first kappa shape index (κ1) is 19.8. The van der Waals surface area contributed by atoms with Gasteiger partial charge >= 0.3 is 0 Å². The number of nitrogens with zero attached hydrogens (tertiary/aromatic N) is 4. The number of aliphatic imine (C=N–C) groups is 1. The summed E-state index contributed by atoms with van der Waals surface area (Å²) < 4.78 is 1.75. The molecule has 0 unspecified atom stereocenters. The lowest BCUT2D eigenvalue weighted by Crippen LogP contribution is -2.23. The molecule has 0 saturated heterocycles. The number of hydrogen-bond donors (Lipinski definition) is 2. The van der Waals surface area contributed by atoms with Crippen LogP contribution in [0.4, 0.5) is 5.69 Å². The maximum Gasteiger partial charge on any atom is 0.175 e. The predicted molar refractivity (Wildman–Crippen MR) is 110 cm³/mol. The number of anilines is 1. The van der Waals surface area contributed by atoms with Gasteiger partial charge in [-0.05, 0) is 64.4 Å². The molecule has 0 fully saturated rings. The van der Waals surface area contributed by atoms with Crippen molar-refractivity contribution in [3.05, 3.63) is 65.1 Å². The van der Waals surface area contributed by atoms with Gasteiger partial charge < -0.3 is 16.0 Å². The molecule has 7 heteroatoms. The molecule has 26 heavy (non-hydrogen) atoms. The van der Waals surface area contributed by atoms with E-state index < -0.39 is 0 Å². The first-order chi connectivity index (χ1) is 12.3. The molecule has 138 valence electrons. The van der Waals surface area contributed by atoms with Crippen molar-refractivity contribution in [2.24, 2.45) is 10.7 Å². The largest absolute Gasteiger partial charge is 0.398 e. The molecule has 0 aliphatic carbocycles. The smallest absolute Gasteiger partial charge is 0.175 e. The first-order valence-corrected chi connectivity index (χ1v) is 8.58. The molecule has 0 aliphatic heterocycles. The zero-order chi connectivity index (χ0) is 19.3. The molecular weight excluding hydrogens is 348 g/mol. The van der Waals surface area contributed by atoms with E-state index in [1.165, 1.54) is 0 Å². The standard InChI is InChI=1S/C19H25ClN6/c1-6-18(22-16-9-7-15(20)8-10-16)23-19(17(21)12-25(4)5)26-14(3)11-13(2)24-26/h6-11H,1,12,21H2,2-5H3,(H,22,23)/b19-17+. The number of benzene rings is 1. The molecule has 1 aromatic carbocycles. The van der Waals surface area contributed by atoms with E-state index in [1.54, 1.807) is 10.8 Å². The molecular formula is C19H25ClN6. The Morgan fingerprint density at radius 1 is 1.35 bits per heavy atom. The average molecular weight is 373 g/mol. The van der Waals surface area contributed by atoms with Crippen LogP contribution in [0, 0.1) is 13.8 Å². The highest BCUT2D eigenvalue weighted by Gasteiger charge is 2.12. The average Bonchev–Trinajstić information content (AvgIpc) is 2.90. The van der Waals surface area contributed by atoms with Crippen molar-refractivity contribution in [2.75, 3.05) is 26.0 Å².